The first-order chi connectivity index (χ1) is 7.43. The van der Waals surface area contributed by atoms with E-state index in [1.807, 2.05) is 13.8 Å². The van der Waals surface area contributed by atoms with Crippen molar-refractivity contribution >= 4 is 11.9 Å². The van der Waals surface area contributed by atoms with Crippen molar-refractivity contribution in [1.82, 2.24) is 4.90 Å². The average Bonchev–Trinajstić information content (AvgIpc) is 2.16. The molecule has 0 fully saturated rings. The van der Waals surface area contributed by atoms with Gasteiger partial charge in [-0.3, -0.25) is 4.79 Å². The van der Waals surface area contributed by atoms with E-state index >= 15 is 0 Å². The predicted molar refractivity (Wildman–Crippen MR) is 57.2 cm³/mol. The summed E-state index contributed by atoms with van der Waals surface area (Å²) in [7, 11) is 1.62. The summed E-state index contributed by atoms with van der Waals surface area (Å²) in [4.78, 5) is 22.9. The molecule has 0 aromatic rings. The first-order valence-electron chi connectivity index (χ1n) is 5.08. The van der Waals surface area contributed by atoms with E-state index in [9.17, 15) is 9.59 Å². The maximum absolute atomic E-state index is 11.4. The molecule has 6 nitrogen and oxygen atoms in total. The normalized spacial score (nSPS) is 10.5. The van der Waals surface area contributed by atoms with Crippen LogP contribution in [-0.4, -0.2) is 61.4 Å². The Labute approximate surface area is 95.1 Å². The Kier molecular flexibility index (Phi) is 7.49. The number of carbonyl (C=O) groups excluding carboxylic acids is 1. The molecule has 0 saturated heterocycles. The topological polar surface area (TPSA) is 76.1 Å². The Morgan fingerprint density at radius 2 is 1.94 bits per heavy atom. The maximum Gasteiger partial charge on any atom is 0.329 e. The molecule has 1 N–H and O–H groups in total. The van der Waals surface area contributed by atoms with Crippen LogP contribution in [0, 0.1) is 0 Å². The summed E-state index contributed by atoms with van der Waals surface area (Å²) in [6.07, 6.45) is 0.131. The fourth-order valence-corrected chi connectivity index (χ4v) is 0.886. The number of nitrogens with zero attached hydrogens (tertiary/aromatic N) is 1. The Morgan fingerprint density at radius 3 is 2.44 bits per heavy atom. The van der Waals surface area contributed by atoms with E-state index in [1.165, 1.54) is 4.90 Å². The molecule has 0 radical (unpaired) electrons. The molecule has 0 bridgehead atoms. The third kappa shape index (κ3) is 8.19. The second-order valence-corrected chi connectivity index (χ2v) is 3.62. The lowest BCUT2D eigenvalue weighted by Gasteiger charge is -2.17. The number of hydrogen-bond acceptors (Lipinski definition) is 4. The largest absolute Gasteiger partial charge is 0.480 e. The highest BCUT2D eigenvalue weighted by Gasteiger charge is 2.09. The molecule has 0 aliphatic heterocycles. The minimum Gasteiger partial charge on any atom is -0.480 e. The van der Waals surface area contributed by atoms with Crippen LogP contribution >= 0.6 is 0 Å². The van der Waals surface area contributed by atoms with E-state index in [1.54, 1.807) is 7.05 Å². The van der Waals surface area contributed by atoms with E-state index in [0.29, 0.717) is 13.2 Å². The van der Waals surface area contributed by atoms with E-state index in [0.717, 1.165) is 0 Å². The number of aliphatic carboxylic acids is 1. The smallest absolute Gasteiger partial charge is 0.329 e. The summed E-state index contributed by atoms with van der Waals surface area (Å²) >= 11 is 0. The summed E-state index contributed by atoms with van der Waals surface area (Å²) in [5.41, 5.74) is 0. The zero-order valence-corrected chi connectivity index (χ0v) is 9.93. The van der Waals surface area contributed by atoms with Gasteiger partial charge in [-0.1, -0.05) is 0 Å². The maximum atomic E-state index is 11.4. The van der Waals surface area contributed by atoms with E-state index in [2.05, 4.69) is 4.74 Å². The van der Waals surface area contributed by atoms with Crippen molar-refractivity contribution in [1.29, 1.82) is 0 Å². The number of carboxylic acid groups (broad SMARTS) is 1. The van der Waals surface area contributed by atoms with Gasteiger partial charge in [0.25, 0.3) is 0 Å². The second kappa shape index (κ2) is 8.06. The minimum atomic E-state index is -1.08. The molecule has 0 heterocycles. The van der Waals surface area contributed by atoms with Gasteiger partial charge < -0.3 is 19.5 Å². The van der Waals surface area contributed by atoms with Gasteiger partial charge in [-0.05, 0) is 13.8 Å². The van der Waals surface area contributed by atoms with Gasteiger partial charge in [-0.2, -0.15) is 0 Å². The van der Waals surface area contributed by atoms with Crippen LogP contribution in [-0.2, 0) is 19.1 Å². The summed E-state index contributed by atoms with van der Waals surface area (Å²) in [5.74, 6) is -1.34. The van der Waals surface area contributed by atoms with Gasteiger partial charge in [-0.25, -0.2) is 4.79 Å². The Bertz CT molecular complexity index is 229. The lowest BCUT2D eigenvalue weighted by molar-refractivity contribution is -0.145. The minimum absolute atomic E-state index is 0.131. The number of hydrogen-bond donors (Lipinski definition) is 1. The summed E-state index contributed by atoms with van der Waals surface area (Å²) < 4.78 is 9.95. The number of ether oxygens (including phenoxy) is 2. The van der Waals surface area contributed by atoms with Gasteiger partial charge in [0.1, 0.15) is 13.2 Å². The Hall–Kier alpha value is -1.14. The summed E-state index contributed by atoms with van der Waals surface area (Å²) in [6.45, 7) is 4.08. The fraction of sp³-hybridized carbons (Fsp3) is 0.800. The van der Waals surface area contributed by atoms with Crippen molar-refractivity contribution in [2.45, 2.75) is 20.0 Å². The summed E-state index contributed by atoms with van der Waals surface area (Å²) in [6, 6.07) is 0. The van der Waals surface area contributed by atoms with Crippen molar-refractivity contribution in [3.63, 3.8) is 0 Å². The standard InChI is InChI=1S/C10H19NO5/c1-8(2)16-5-4-11(3)9(12)6-15-7-10(13)14/h8H,4-7H2,1-3H3,(H,13,14). The van der Waals surface area contributed by atoms with Crippen LogP contribution in [0.4, 0.5) is 0 Å². The van der Waals surface area contributed by atoms with Crippen LogP contribution in [0.2, 0.25) is 0 Å². The Morgan fingerprint density at radius 1 is 1.31 bits per heavy atom. The van der Waals surface area contributed by atoms with Crippen molar-refractivity contribution in [3.8, 4) is 0 Å². The van der Waals surface area contributed by atoms with Gasteiger partial charge in [0.15, 0.2) is 0 Å². The first-order valence-corrected chi connectivity index (χ1v) is 5.08. The molecule has 0 unspecified atom stereocenters. The number of likely N-dealkylation sites (N-methyl/N-ethyl adjacent to an activating group) is 1. The van der Waals surface area contributed by atoms with Gasteiger partial charge >= 0.3 is 5.97 Å². The molecule has 0 atom stereocenters. The number of carboxylic acids is 1. The van der Waals surface area contributed by atoms with Crippen LogP contribution in [0.25, 0.3) is 0 Å². The van der Waals surface area contributed by atoms with Crippen LogP contribution in [0.3, 0.4) is 0 Å². The number of carbonyl (C=O) groups is 2. The highest BCUT2D eigenvalue weighted by atomic mass is 16.5. The van der Waals surface area contributed by atoms with Crippen LogP contribution in [0.15, 0.2) is 0 Å². The molecule has 94 valence electrons. The van der Waals surface area contributed by atoms with Crippen molar-refractivity contribution in [3.05, 3.63) is 0 Å². The van der Waals surface area contributed by atoms with Gasteiger partial charge in [-0.15, -0.1) is 0 Å². The number of rotatable bonds is 8. The van der Waals surface area contributed by atoms with Crippen molar-refractivity contribution in [2.75, 3.05) is 33.4 Å². The zero-order chi connectivity index (χ0) is 12.6. The molecule has 0 aromatic heterocycles. The third-order valence-corrected chi connectivity index (χ3v) is 1.75. The molecular formula is C10H19NO5. The summed E-state index contributed by atoms with van der Waals surface area (Å²) in [5, 5.41) is 8.30. The quantitative estimate of drug-likeness (QED) is 0.637. The van der Waals surface area contributed by atoms with E-state index in [4.69, 9.17) is 9.84 Å². The highest BCUT2D eigenvalue weighted by Crippen LogP contribution is 1.91. The third-order valence-electron chi connectivity index (χ3n) is 1.75. The molecule has 1 amide bonds. The number of amides is 1. The molecule has 0 aliphatic rings. The van der Waals surface area contributed by atoms with E-state index < -0.39 is 12.6 Å². The monoisotopic (exact) mass is 233 g/mol. The van der Waals surface area contributed by atoms with Gasteiger partial charge in [0.2, 0.25) is 5.91 Å². The SMILES string of the molecule is CC(C)OCCN(C)C(=O)COCC(=O)O. The molecular weight excluding hydrogens is 214 g/mol. The van der Waals surface area contributed by atoms with Crippen LogP contribution in [0.5, 0.6) is 0 Å². The van der Waals surface area contributed by atoms with Crippen LogP contribution in [0.1, 0.15) is 13.8 Å². The zero-order valence-electron chi connectivity index (χ0n) is 9.93. The Balaban J connectivity index is 3.61. The van der Waals surface area contributed by atoms with E-state index in [-0.39, 0.29) is 18.6 Å². The van der Waals surface area contributed by atoms with Crippen molar-refractivity contribution < 1.29 is 24.2 Å². The molecule has 0 spiro atoms. The molecule has 0 aromatic carbocycles. The van der Waals surface area contributed by atoms with Crippen LogP contribution < -0.4 is 0 Å². The fourth-order valence-electron chi connectivity index (χ4n) is 0.886. The van der Waals surface area contributed by atoms with Gasteiger partial charge in [0.05, 0.1) is 12.7 Å². The predicted octanol–water partition coefficient (Wildman–Crippen LogP) is -0.0290. The lowest BCUT2D eigenvalue weighted by Crippen LogP contribution is -2.34. The van der Waals surface area contributed by atoms with Gasteiger partial charge in [0, 0.05) is 13.6 Å². The average molecular weight is 233 g/mol. The van der Waals surface area contributed by atoms with Crippen molar-refractivity contribution in [2.24, 2.45) is 0 Å². The lowest BCUT2D eigenvalue weighted by atomic mass is 10.4. The highest BCUT2D eigenvalue weighted by molar-refractivity contribution is 5.77. The molecule has 0 saturated carbocycles. The second-order valence-electron chi connectivity index (χ2n) is 3.62. The first kappa shape index (κ1) is 14.9. The molecule has 16 heavy (non-hydrogen) atoms. The molecule has 0 aliphatic carbocycles. The molecule has 6 heteroatoms. The molecule has 0 rings (SSSR count).